The summed E-state index contributed by atoms with van der Waals surface area (Å²) in [6.45, 7) is 7.23. The van der Waals surface area contributed by atoms with Crippen LogP contribution in [0.15, 0.2) is 48.5 Å². The number of pyridine rings is 1. The van der Waals surface area contributed by atoms with Crippen molar-refractivity contribution in [3.63, 3.8) is 0 Å². The van der Waals surface area contributed by atoms with Gasteiger partial charge in [0.1, 0.15) is 13.2 Å². The van der Waals surface area contributed by atoms with E-state index in [0.717, 1.165) is 33.7 Å². The van der Waals surface area contributed by atoms with Gasteiger partial charge in [0.25, 0.3) is 5.91 Å². The Labute approximate surface area is 164 Å². The Bertz CT molecular complexity index is 1030. The van der Waals surface area contributed by atoms with E-state index in [1.807, 2.05) is 55.5 Å². The first-order valence-corrected chi connectivity index (χ1v) is 9.63. The van der Waals surface area contributed by atoms with E-state index in [2.05, 4.69) is 19.2 Å². The molecule has 5 nitrogen and oxygen atoms in total. The third kappa shape index (κ3) is 3.52. The van der Waals surface area contributed by atoms with Gasteiger partial charge in [-0.3, -0.25) is 9.78 Å². The van der Waals surface area contributed by atoms with Gasteiger partial charge in [0.05, 0.1) is 17.1 Å². The summed E-state index contributed by atoms with van der Waals surface area (Å²) in [7, 11) is 0. The van der Waals surface area contributed by atoms with Crippen LogP contribution in [0.5, 0.6) is 11.5 Å². The molecule has 0 aliphatic carbocycles. The number of amides is 1. The Morgan fingerprint density at radius 1 is 1.00 bits per heavy atom. The third-order valence-electron chi connectivity index (χ3n) is 4.99. The zero-order valence-corrected chi connectivity index (χ0v) is 16.4. The largest absolute Gasteiger partial charge is 0.486 e. The van der Waals surface area contributed by atoms with Crippen LogP contribution in [-0.4, -0.2) is 24.1 Å². The van der Waals surface area contributed by atoms with Crippen LogP contribution in [0.2, 0.25) is 0 Å². The van der Waals surface area contributed by atoms with Crippen LogP contribution in [0.1, 0.15) is 54.3 Å². The predicted molar refractivity (Wildman–Crippen MR) is 109 cm³/mol. The number of para-hydroxylation sites is 1. The normalized spacial score (nSPS) is 14.1. The summed E-state index contributed by atoms with van der Waals surface area (Å²) < 4.78 is 11.2. The maximum absolute atomic E-state index is 13.1. The minimum absolute atomic E-state index is 0.108. The summed E-state index contributed by atoms with van der Waals surface area (Å²) in [6.07, 6.45) is 0. The van der Waals surface area contributed by atoms with Gasteiger partial charge in [0, 0.05) is 11.1 Å². The predicted octanol–water partition coefficient (Wildman–Crippen LogP) is 4.62. The molecular formula is C23H24N2O3. The Morgan fingerprint density at radius 2 is 1.75 bits per heavy atom. The number of hydrogen-bond acceptors (Lipinski definition) is 4. The molecule has 2 aromatic carbocycles. The molecule has 4 rings (SSSR count). The van der Waals surface area contributed by atoms with Crippen molar-refractivity contribution >= 4 is 16.8 Å². The Hall–Kier alpha value is -3.08. The van der Waals surface area contributed by atoms with Crippen LogP contribution in [-0.2, 0) is 0 Å². The summed E-state index contributed by atoms with van der Waals surface area (Å²) in [5.74, 6) is 1.60. The van der Waals surface area contributed by atoms with Crippen LogP contribution < -0.4 is 14.8 Å². The number of benzene rings is 2. The van der Waals surface area contributed by atoms with Crippen molar-refractivity contribution in [3.05, 3.63) is 65.4 Å². The summed E-state index contributed by atoms with van der Waals surface area (Å²) in [5, 5.41) is 3.97. The van der Waals surface area contributed by atoms with Crippen LogP contribution in [0.3, 0.4) is 0 Å². The first kappa shape index (κ1) is 18.3. The van der Waals surface area contributed by atoms with Crippen molar-refractivity contribution in [1.82, 2.24) is 10.3 Å². The highest BCUT2D eigenvalue weighted by Gasteiger charge is 2.19. The number of carbonyl (C=O) groups is 1. The van der Waals surface area contributed by atoms with Crippen LogP contribution in [0.25, 0.3) is 10.9 Å². The van der Waals surface area contributed by atoms with E-state index in [0.29, 0.717) is 18.8 Å². The molecule has 1 amide bonds. The second-order valence-electron chi connectivity index (χ2n) is 7.36. The van der Waals surface area contributed by atoms with Crippen LogP contribution >= 0.6 is 0 Å². The van der Waals surface area contributed by atoms with Gasteiger partial charge in [-0.15, -0.1) is 0 Å². The van der Waals surface area contributed by atoms with E-state index in [1.54, 1.807) is 0 Å². The Morgan fingerprint density at radius 3 is 2.54 bits per heavy atom. The molecule has 0 saturated carbocycles. The fourth-order valence-corrected chi connectivity index (χ4v) is 3.37. The van der Waals surface area contributed by atoms with Crippen molar-refractivity contribution in [2.75, 3.05) is 13.2 Å². The molecule has 1 atom stereocenters. The van der Waals surface area contributed by atoms with Crippen molar-refractivity contribution in [2.24, 2.45) is 0 Å². The summed E-state index contributed by atoms with van der Waals surface area (Å²) in [5.41, 5.74) is 3.38. The second-order valence-corrected chi connectivity index (χ2v) is 7.36. The molecule has 0 fully saturated rings. The Kier molecular flexibility index (Phi) is 4.90. The lowest BCUT2D eigenvalue weighted by atomic mass is 10.0. The SMILES string of the molecule is CC(C)c1cc(C(=O)NC(C)c2ccc3c(c2)OCCO3)c2ccccc2n1. The van der Waals surface area contributed by atoms with Crippen molar-refractivity contribution in [2.45, 2.75) is 32.7 Å². The molecular weight excluding hydrogens is 352 g/mol. The molecule has 1 aliphatic heterocycles. The summed E-state index contributed by atoms with van der Waals surface area (Å²) in [4.78, 5) is 17.8. The molecule has 1 aromatic heterocycles. The fraction of sp³-hybridized carbons (Fsp3) is 0.304. The monoisotopic (exact) mass is 376 g/mol. The molecule has 0 radical (unpaired) electrons. The molecule has 28 heavy (non-hydrogen) atoms. The lowest BCUT2D eigenvalue weighted by Gasteiger charge is -2.21. The van der Waals surface area contributed by atoms with Gasteiger partial charge in [0.15, 0.2) is 11.5 Å². The van der Waals surface area contributed by atoms with E-state index in [1.165, 1.54) is 0 Å². The van der Waals surface area contributed by atoms with Crippen molar-refractivity contribution in [3.8, 4) is 11.5 Å². The van der Waals surface area contributed by atoms with Crippen LogP contribution in [0.4, 0.5) is 0 Å². The highest BCUT2D eigenvalue weighted by Crippen LogP contribution is 2.32. The number of nitrogens with zero attached hydrogens (tertiary/aromatic N) is 1. The summed E-state index contributed by atoms with van der Waals surface area (Å²) in [6, 6.07) is 15.3. The van der Waals surface area contributed by atoms with Gasteiger partial charge in [0.2, 0.25) is 0 Å². The van der Waals surface area contributed by atoms with Crippen molar-refractivity contribution < 1.29 is 14.3 Å². The highest BCUT2D eigenvalue weighted by atomic mass is 16.6. The van der Waals surface area contributed by atoms with E-state index in [4.69, 9.17) is 14.5 Å². The van der Waals surface area contributed by atoms with E-state index >= 15 is 0 Å². The van der Waals surface area contributed by atoms with E-state index in [9.17, 15) is 4.79 Å². The smallest absolute Gasteiger partial charge is 0.252 e. The molecule has 1 aliphatic rings. The van der Waals surface area contributed by atoms with Gasteiger partial charge in [-0.25, -0.2) is 0 Å². The number of nitrogens with one attached hydrogen (secondary N) is 1. The highest BCUT2D eigenvalue weighted by molar-refractivity contribution is 6.06. The fourth-order valence-electron chi connectivity index (χ4n) is 3.37. The summed E-state index contributed by atoms with van der Waals surface area (Å²) >= 11 is 0. The maximum atomic E-state index is 13.1. The molecule has 144 valence electrons. The molecule has 1 N–H and O–H groups in total. The molecule has 3 aromatic rings. The molecule has 1 unspecified atom stereocenters. The van der Waals surface area contributed by atoms with Gasteiger partial charge >= 0.3 is 0 Å². The molecule has 2 heterocycles. The molecule has 0 saturated heterocycles. The number of carbonyl (C=O) groups excluding carboxylic acids is 1. The topological polar surface area (TPSA) is 60.5 Å². The van der Waals surface area contributed by atoms with E-state index < -0.39 is 0 Å². The lowest BCUT2D eigenvalue weighted by molar-refractivity contribution is 0.0941. The lowest BCUT2D eigenvalue weighted by Crippen LogP contribution is -2.27. The van der Waals surface area contributed by atoms with Gasteiger partial charge in [-0.05, 0) is 42.7 Å². The first-order chi connectivity index (χ1) is 13.5. The first-order valence-electron chi connectivity index (χ1n) is 9.63. The number of fused-ring (bicyclic) bond motifs is 2. The van der Waals surface area contributed by atoms with Gasteiger partial charge < -0.3 is 14.8 Å². The number of hydrogen-bond donors (Lipinski definition) is 1. The average molecular weight is 376 g/mol. The third-order valence-corrected chi connectivity index (χ3v) is 4.99. The number of rotatable bonds is 4. The molecule has 0 bridgehead atoms. The van der Waals surface area contributed by atoms with Gasteiger partial charge in [-0.2, -0.15) is 0 Å². The zero-order valence-electron chi connectivity index (χ0n) is 16.4. The standard InChI is InChI=1S/C23H24N2O3/c1-14(2)20-13-18(17-6-4-5-7-19(17)25-20)23(26)24-15(3)16-8-9-21-22(12-16)28-11-10-27-21/h4-9,12-15H,10-11H2,1-3H3,(H,24,26). The average Bonchev–Trinajstić information content (AvgIpc) is 2.72. The number of aromatic nitrogens is 1. The maximum Gasteiger partial charge on any atom is 0.252 e. The van der Waals surface area contributed by atoms with E-state index in [-0.39, 0.29) is 17.9 Å². The Balaban J connectivity index is 1.63. The molecule has 0 spiro atoms. The molecule has 5 heteroatoms. The van der Waals surface area contributed by atoms with Crippen LogP contribution in [0, 0.1) is 0 Å². The minimum atomic E-state index is -0.169. The minimum Gasteiger partial charge on any atom is -0.486 e. The second kappa shape index (κ2) is 7.50. The van der Waals surface area contributed by atoms with Gasteiger partial charge in [-0.1, -0.05) is 38.1 Å². The zero-order chi connectivity index (χ0) is 19.7. The quantitative estimate of drug-likeness (QED) is 0.722. The van der Waals surface area contributed by atoms with Crippen molar-refractivity contribution in [1.29, 1.82) is 0 Å². The number of ether oxygens (including phenoxy) is 2.